The minimum absolute atomic E-state index is 0.225. The molecule has 1 N–H and O–H groups in total. The Labute approximate surface area is 152 Å². The first-order valence-electron chi connectivity index (χ1n) is 7.79. The smallest absolute Gasteiger partial charge is 0.308 e. The third-order valence-electron chi connectivity index (χ3n) is 3.47. The number of benzene rings is 1. The number of nitrogens with one attached hydrogen (secondary N) is 1. The quantitative estimate of drug-likeness (QED) is 0.530. The van der Waals surface area contributed by atoms with E-state index in [4.69, 9.17) is 9.15 Å². The SMILES string of the molecule is CC(=O)Oc1ccc(Cn2cc(C(=O)NCc3ccco3)sc2=O)cc1. The maximum atomic E-state index is 12.2. The summed E-state index contributed by atoms with van der Waals surface area (Å²) in [5.41, 5.74) is 0.850. The van der Waals surface area contributed by atoms with E-state index in [0.717, 1.165) is 16.9 Å². The fraction of sp³-hybridized carbons (Fsp3) is 0.167. The van der Waals surface area contributed by atoms with E-state index in [9.17, 15) is 14.4 Å². The van der Waals surface area contributed by atoms with Crippen LogP contribution in [0.25, 0.3) is 0 Å². The summed E-state index contributed by atoms with van der Waals surface area (Å²) in [6.07, 6.45) is 3.06. The van der Waals surface area contributed by atoms with Crippen LogP contribution in [0.2, 0.25) is 0 Å². The van der Waals surface area contributed by atoms with Gasteiger partial charge in [0.1, 0.15) is 16.4 Å². The minimum Gasteiger partial charge on any atom is -0.467 e. The highest BCUT2D eigenvalue weighted by Gasteiger charge is 2.13. The van der Waals surface area contributed by atoms with Crippen LogP contribution in [-0.2, 0) is 17.9 Å². The van der Waals surface area contributed by atoms with Crippen LogP contribution in [0.4, 0.5) is 0 Å². The van der Waals surface area contributed by atoms with E-state index in [1.54, 1.807) is 36.4 Å². The highest BCUT2D eigenvalue weighted by molar-refractivity contribution is 7.11. The number of carbonyl (C=O) groups excluding carboxylic acids is 2. The maximum absolute atomic E-state index is 12.2. The van der Waals surface area contributed by atoms with Gasteiger partial charge in [-0.1, -0.05) is 23.5 Å². The van der Waals surface area contributed by atoms with E-state index in [0.29, 0.717) is 22.9 Å². The van der Waals surface area contributed by atoms with Gasteiger partial charge in [0.25, 0.3) is 5.91 Å². The Balaban J connectivity index is 1.65. The Morgan fingerprint density at radius 1 is 1.23 bits per heavy atom. The number of rotatable bonds is 6. The Hall–Kier alpha value is -3.13. The molecule has 26 heavy (non-hydrogen) atoms. The van der Waals surface area contributed by atoms with Crippen molar-refractivity contribution < 1.29 is 18.7 Å². The fourth-order valence-electron chi connectivity index (χ4n) is 2.28. The van der Waals surface area contributed by atoms with Crippen LogP contribution >= 0.6 is 11.3 Å². The Morgan fingerprint density at radius 3 is 2.65 bits per heavy atom. The van der Waals surface area contributed by atoms with Gasteiger partial charge in [0, 0.05) is 13.1 Å². The van der Waals surface area contributed by atoms with Crippen molar-refractivity contribution in [3.8, 4) is 5.75 Å². The molecule has 0 aliphatic carbocycles. The molecule has 0 aliphatic heterocycles. The van der Waals surface area contributed by atoms with Crippen LogP contribution in [-0.4, -0.2) is 16.4 Å². The lowest BCUT2D eigenvalue weighted by Gasteiger charge is -2.04. The highest BCUT2D eigenvalue weighted by Crippen LogP contribution is 2.14. The van der Waals surface area contributed by atoms with Gasteiger partial charge in [0.15, 0.2) is 0 Å². The maximum Gasteiger partial charge on any atom is 0.308 e. The van der Waals surface area contributed by atoms with Gasteiger partial charge in [-0.15, -0.1) is 0 Å². The molecule has 3 aromatic rings. The van der Waals surface area contributed by atoms with Gasteiger partial charge >= 0.3 is 10.8 Å². The normalized spacial score (nSPS) is 10.5. The zero-order chi connectivity index (χ0) is 18.5. The lowest BCUT2D eigenvalue weighted by atomic mass is 10.2. The Kier molecular flexibility index (Phi) is 5.33. The summed E-state index contributed by atoms with van der Waals surface area (Å²) < 4.78 is 11.6. The number of amides is 1. The van der Waals surface area contributed by atoms with Crippen molar-refractivity contribution in [3.63, 3.8) is 0 Å². The third kappa shape index (κ3) is 4.48. The first-order chi connectivity index (χ1) is 12.5. The fourth-order valence-corrected chi connectivity index (χ4v) is 3.05. The molecule has 0 atom stereocenters. The molecule has 134 valence electrons. The molecule has 1 amide bonds. The van der Waals surface area contributed by atoms with Crippen molar-refractivity contribution in [1.29, 1.82) is 0 Å². The molecule has 0 saturated heterocycles. The molecule has 0 bridgehead atoms. The van der Waals surface area contributed by atoms with Crippen molar-refractivity contribution in [1.82, 2.24) is 9.88 Å². The number of hydrogen-bond acceptors (Lipinski definition) is 6. The van der Waals surface area contributed by atoms with Crippen LogP contribution in [0.5, 0.6) is 5.75 Å². The molecular formula is C18H16N2O5S. The number of aromatic nitrogens is 1. The van der Waals surface area contributed by atoms with Crippen molar-refractivity contribution in [3.05, 3.63) is 74.7 Å². The van der Waals surface area contributed by atoms with E-state index in [2.05, 4.69) is 5.32 Å². The number of esters is 1. The van der Waals surface area contributed by atoms with Crippen molar-refractivity contribution in [2.75, 3.05) is 0 Å². The first-order valence-corrected chi connectivity index (χ1v) is 8.61. The largest absolute Gasteiger partial charge is 0.467 e. The molecule has 0 aliphatic rings. The predicted octanol–water partition coefficient (Wildman–Crippen LogP) is 2.41. The van der Waals surface area contributed by atoms with Crippen LogP contribution < -0.4 is 14.9 Å². The molecule has 8 heteroatoms. The molecule has 2 heterocycles. The number of furan rings is 1. The van der Waals surface area contributed by atoms with Gasteiger partial charge in [-0.3, -0.25) is 14.4 Å². The van der Waals surface area contributed by atoms with Crippen LogP contribution in [0, 0.1) is 0 Å². The van der Waals surface area contributed by atoms with Crippen LogP contribution in [0.15, 0.2) is 58.1 Å². The van der Waals surface area contributed by atoms with Crippen molar-refractivity contribution >= 4 is 23.2 Å². The molecule has 0 spiro atoms. The topological polar surface area (TPSA) is 90.5 Å². The van der Waals surface area contributed by atoms with E-state index in [1.165, 1.54) is 24.0 Å². The molecule has 2 aromatic heterocycles. The van der Waals surface area contributed by atoms with E-state index in [1.807, 2.05) is 0 Å². The summed E-state index contributed by atoms with van der Waals surface area (Å²) >= 11 is 0.886. The molecule has 3 rings (SSSR count). The number of nitrogens with zero attached hydrogens (tertiary/aromatic N) is 1. The predicted molar refractivity (Wildman–Crippen MR) is 95.3 cm³/mol. The summed E-state index contributed by atoms with van der Waals surface area (Å²) in [4.78, 5) is 35.3. The lowest BCUT2D eigenvalue weighted by Crippen LogP contribution is -2.21. The van der Waals surface area contributed by atoms with Gasteiger partial charge in [-0.25, -0.2) is 0 Å². The first kappa shape index (κ1) is 17.7. The van der Waals surface area contributed by atoms with Gasteiger partial charge in [-0.05, 0) is 29.8 Å². The standard InChI is InChI=1S/C18H16N2O5S/c1-12(21)25-14-6-4-13(5-7-14)10-20-11-16(26-18(20)23)17(22)19-9-15-3-2-8-24-15/h2-8,11H,9-10H2,1H3,(H,19,22). The van der Waals surface area contributed by atoms with Gasteiger partial charge in [0.05, 0.1) is 19.4 Å². The molecule has 0 unspecified atom stereocenters. The second kappa shape index (κ2) is 7.83. The van der Waals surface area contributed by atoms with E-state index < -0.39 is 5.97 Å². The molecule has 0 radical (unpaired) electrons. The molecule has 0 saturated carbocycles. The molecule has 7 nitrogen and oxygen atoms in total. The van der Waals surface area contributed by atoms with Gasteiger partial charge in [0.2, 0.25) is 0 Å². The van der Waals surface area contributed by atoms with Crippen molar-refractivity contribution in [2.45, 2.75) is 20.0 Å². The minimum atomic E-state index is -0.392. The number of carbonyl (C=O) groups is 2. The summed E-state index contributed by atoms with van der Waals surface area (Å²) in [6.45, 7) is 1.91. The molecule has 1 aromatic carbocycles. The summed E-state index contributed by atoms with van der Waals surface area (Å²) in [5.74, 6) is 0.361. The molecule has 0 fully saturated rings. The number of hydrogen-bond donors (Lipinski definition) is 1. The van der Waals surface area contributed by atoms with Crippen LogP contribution in [0.1, 0.15) is 27.9 Å². The van der Waals surface area contributed by atoms with E-state index in [-0.39, 0.29) is 17.3 Å². The second-order valence-electron chi connectivity index (χ2n) is 5.49. The monoisotopic (exact) mass is 372 g/mol. The summed E-state index contributed by atoms with van der Waals surface area (Å²) in [7, 11) is 0. The number of ether oxygens (including phenoxy) is 1. The lowest BCUT2D eigenvalue weighted by molar-refractivity contribution is -0.131. The molecular weight excluding hydrogens is 356 g/mol. The zero-order valence-electron chi connectivity index (χ0n) is 13.9. The van der Waals surface area contributed by atoms with Crippen LogP contribution in [0.3, 0.4) is 0 Å². The third-order valence-corrected chi connectivity index (χ3v) is 4.39. The number of thiazole rings is 1. The van der Waals surface area contributed by atoms with Gasteiger partial charge < -0.3 is 19.0 Å². The summed E-state index contributed by atoms with van der Waals surface area (Å²) in [6, 6.07) is 10.3. The average Bonchev–Trinajstić information content (AvgIpc) is 3.24. The zero-order valence-corrected chi connectivity index (χ0v) is 14.7. The van der Waals surface area contributed by atoms with Crippen molar-refractivity contribution in [2.24, 2.45) is 0 Å². The van der Waals surface area contributed by atoms with E-state index >= 15 is 0 Å². The highest BCUT2D eigenvalue weighted by atomic mass is 32.1. The average molecular weight is 372 g/mol. The summed E-state index contributed by atoms with van der Waals surface area (Å²) in [5, 5.41) is 2.71. The Bertz CT molecular complexity index is 954. The Morgan fingerprint density at radius 2 is 2.00 bits per heavy atom. The second-order valence-corrected chi connectivity index (χ2v) is 6.48. The van der Waals surface area contributed by atoms with Gasteiger partial charge in [-0.2, -0.15) is 0 Å².